The molecule has 0 unspecified atom stereocenters. The van der Waals surface area contributed by atoms with Gasteiger partial charge in [0, 0.05) is 12.2 Å². The SMILES string of the molecule is COc1ccc(-n2ncc3c(=O)[nH]c(SCC(=O)N4CCCc5ccccc54)nc32)cc1. The summed E-state index contributed by atoms with van der Waals surface area (Å²) in [6.45, 7) is 0.698. The minimum atomic E-state index is -0.284. The summed E-state index contributed by atoms with van der Waals surface area (Å²) in [5.74, 6) is 0.901. The van der Waals surface area contributed by atoms with Crippen molar-refractivity contribution in [2.75, 3.05) is 24.3 Å². The van der Waals surface area contributed by atoms with Crippen LogP contribution in [-0.4, -0.2) is 45.1 Å². The van der Waals surface area contributed by atoms with Crippen LogP contribution in [0.5, 0.6) is 5.75 Å². The normalized spacial score (nSPS) is 13.2. The monoisotopic (exact) mass is 447 g/mol. The molecule has 32 heavy (non-hydrogen) atoms. The molecule has 9 heteroatoms. The van der Waals surface area contributed by atoms with Crippen LogP contribution in [-0.2, 0) is 11.2 Å². The highest BCUT2D eigenvalue weighted by Crippen LogP contribution is 2.28. The van der Waals surface area contributed by atoms with Crippen molar-refractivity contribution in [1.29, 1.82) is 0 Å². The van der Waals surface area contributed by atoms with E-state index in [0.29, 0.717) is 22.7 Å². The number of rotatable bonds is 5. The first kappa shape index (κ1) is 20.3. The number of amides is 1. The van der Waals surface area contributed by atoms with Gasteiger partial charge in [-0.05, 0) is 48.7 Å². The molecular weight excluding hydrogens is 426 g/mol. The maximum absolute atomic E-state index is 12.9. The smallest absolute Gasteiger partial charge is 0.262 e. The zero-order chi connectivity index (χ0) is 22.1. The molecule has 2 aromatic carbocycles. The number of thioether (sulfide) groups is 1. The predicted octanol–water partition coefficient (Wildman–Crippen LogP) is 3.19. The largest absolute Gasteiger partial charge is 0.497 e. The van der Waals surface area contributed by atoms with Gasteiger partial charge in [0.2, 0.25) is 5.91 Å². The maximum atomic E-state index is 12.9. The molecule has 0 aliphatic carbocycles. The maximum Gasteiger partial charge on any atom is 0.262 e. The first-order valence-corrected chi connectivity index (χ1v) is 11.3. The van der Waals surface area contributed by atoms with E-state index in [-0.39, 0.29) is 17.2 Å². The Labute approximate surface area is 188 Å². The first-order chi connectivity index (χ1) is 15.6. The zero-order valence-corrected chi connectivity index (χ0v) is 18.3. The molecule has 0 fully saturated rings. The third-order valence-electron chi connectivity index (χ3n) is 5.48. The standard InChI is InChI=1S/C23H21N5O3S/c1-31-17-10-8-16(9-11-17)28-21-18(13-24-28)22(30)26-23(25-21)32-14-20(29)27-12-4-6-15-5-2-3-7-19(15)27/h2-3,5,7-11,13H,4,6,12,14H2,1H3,(H,25,26,30). The van der Waals surface area contributed by atoms with Crippen LogP contribution in [0.1, 0.15) is 12.0 Å². The number of carbonyl (C=O) groups is 1. The lowest BCUT2D eigenvalue weighted by atomic mass is 10.0. The van der Waals surface area contributed by atoms with Crippen molar-refractivity contribution in [1.82, 2.24) is 19.7 Å². The number of aromatic amines is 1. The fourth-order valence-electron chi connectivity index (χ4n) is 3.88. The summed E-state index contributed by atoms with van der Waals surface area (Å²) in [4.78, 5) is 34.7. The fraction of sp³-hybridized carbons (Fsp3) is 0.217. The van der Waals surface area contributed by atoms with Crippen molar-refractivity contribution < 1.29 is 9.53 Å². The van der Waals surface area contributed by atoms with E-state index in [0.717, 1.165) is 30.0 Å². The Balaban J connectivity index is 1.39. The molecule has 162 valence electrons. The Kier molecular flexibility index (Phi) is 5.40. The second-order valence-corrected chi connectivity index (χ2v) is 8.39. The molecule has 0 atom stereocenters. The van der Waals surface area contributed by atoms with Gasteiger partial charge in [-0.3, -0.25) is 9.59 Å². The highest BCUT2D eigenvalue weighted by atomic mass is 32.2. The van der Waals surface area contributed by atoms with Crippen molar-refractivity contribution in [3.05, 3.63) is 70.6 Å². The van der Waals surface area contributed by atoms with Crippen LogP contribution in [0, 0.1) is 0 Å². The van der Waals surface area contributed by atoms with Crippen molar-refractivity contribution in [3.8, 4) is 11.4 Å². The van der Waals surface area contributed by atoms with Gasteiger partial charge in [0.05, 0.1) is 24.7 Å². The molecule has 2 aromatic heterocycles. The van der Waals surface area contributed by atoms with Crippen LogP contribution in [0.3, 0.4) is 0 Å². The highest BCUT2D eigenvalue weighted by Gasteiger charge is 2.22. The average Bonchev–Trinajstić information content (AvgIpc) is 3.27. The van der Waals surface area contributed by atoms with Crippen LogP contribution in [0.25, 0.3) is 16.7 Å². The topological polar surface area (TPSA) is 93.1 Å². The van der Waals surface area contributed by atoms with Crippen molar-refractivity contribution in [3.63, 3.8) is 0 Å². The molecule has 5 rings (SSSR count). The summed E-state index contributed by atoms with van der Waals surface area (Å²) in [5, 5.41) is 5.10. The number of H-pyrrole nitrogens is 1. The number of aromatic nitrogens is 4. The Morgan fingerprint density at radius 2 is 2.00 bits per heavy atom. The van der Waals surface area contributed by atoms with Crippen molar-refractivity contribution in [2.45, 2.75) is 18.0 Å². The fourth-order valence-corrected chi connectivity index (χ4v) is 4.61. The van der Waals surface area contributed by atoms with E-state index in [1.165, 1.54) is 23.5 Å². The van der Waals surface area contributed by atoms with Crippen LogP contribution < -0.4 is 15.2 Å². The number of ether oxygens (including phenoxy) is 1. The number of methoxy groups -OCH3 is 1. The Morgan fingerprint density at radius 3 is 2.81 bits per heavy atom. The number of fused-ring (bicyclic) bond motifs is 2. The third-order valence-corrected chi connectivity index (χ3v) is 6.34. The zero-order valence-electron chi connectivity index (χ0n) is 17.4. The minimum Gasteiger partial charge on any atom is -0.497 e. The second kappa shape index (κ2) is 8.51. The number of anilines is 1. The van der Waals surface area contributed by atoms with E-state index in [1.807, 2.05) is 47.4 Å². The van der Waals surface area contributed by atoms with Gasteiger partial charge >= 0.3 is 0 Å². The quantitative estimate of drug-likeness (QED) is 0.373. The molecule has 0 spiro atoms. The Bertz CT molecular complexity index is 1350. The van der Waals surface area contributed by atoms with Crippen molar-refractivity contribution >= 4 is 34.4 Å². The van der Waals surface area contributed by atoms with E-state index >= 15 is 0 Å². The lowest BCUT2D eigenvalue weighted by molar-refractivity contribution is -0.116. The number of benzene rings is 2. The van der Waals surface area contributed by atoms with Crippen LogP contribution in [0.2, 0.25) is 0 Å². The van der Waals surface area contributed by atoms with Gasteiger partial charge in [0.1, 0.15) is 11.1 Å². The molecule has 0 bridgehead atoms. The van der Waals surface area contributed by atoms with Crippen LogP contribution in [0.15, 0.2) is 64.7 Å². The van der Waals surface area contributed by atoms with Gasteiger partial charge in [0.25, 0.3) is 5.56 Å². The lowest BCUT2D eigenvalue weighted by Crippen LogP contribution is -2.36. The Hall–Kier alpha value is -3.59. The van der Waals surface area contributed by atoms with Gasteiger partial charge in [-0.1, -0.05) is 30.0 Å². The molecule has 1 N–H and O–H groups in total. The minimum absolute atomic E-state index is 0.00596. The second-order valence-electron chi connectivity index (χ2n) is 7.43. The summed E-state index contributed by atoms with van der Waals surface area (Å²) >= 11 is 1.22. The molecule has 3 heterocycles. The third kappa shape index (κ3) is 3.75. The molecule has 8 nitrogen and oxygen atoms in total. The highest BCUT2D eigenvalue weighted by molar-refractivity contribution is 7.99. The molecule has 0 radical (unpaired) electrons. The molecule has 4 aromatic rings. The van der Waals surface area contributed by atoms with E-state index < -0.39 is 0 Å². The molecule has 0 saturated heterocycles. The molecule has 0 saturated carbocycles. The van der Waals surface area contributed by atoms with Crippen molar-refractivity contribution in [2.24, 2.45) is 0 Å². The molecular formula is C23H21N5O3S. The van der Waals surface area contributed by atoms with Gasteiger partial charge in [-0.25, -0.2) is 9.67 Å². The number of hydrogen-bond donors (Lipinski definition) is 1. The number of para-hydroxylation sites is 1. The summed E-state index contributed by atoms with van der Waals surface area (Å²) in [5.41, 5.74) is 3.08. The summed E-state index contributed by atoms with van der Waals surface area (Å²) < 4.78 is 6.81. The van der Waals surface area contributed by atoms with E-state index in [2.05, 4.69) is 21.1 Å². The number of nitrogens with one attached hydrogen (secondary N) is 1. The summed E-state index contributed by atoms with van der Waals surface area (Å²) in [7, 11) is 1.60. The van der Waals surface area contributed by atoms with Gasteiger partial charge in [-0.2, -0.15) is 5.10 Å². The predicted molar refractivity (Wildman–Crippen MR) is 124 cm³/mol. The summed E-state index contributed by atoms with van der Waals surface area (Å²) in [6.07, 6.45) is 3.42. The molecule has 1 aliphatic rings. The van der Waals surface area contributed by atoms with Crippen LogP contribution >= 0.6 is 11.8 Å². The average molecular weight is 448 g/mol. The van der Waals surface area contributed by atoms with Gasteiger partial charge in [0.15, 0.2) is 10.8 Å². The molecule has 1 amide bonds. The number of nitrogens with zero attached hydrogens (tertiary/aromatic N) is 4. The number of hydrogen-bond acceptors (Lipinski definition) is 6. The lowest BCUT2D eigenvalue weighted by Gasteiger charge is -2.29. The van der Waals surface area contributed by atoms with E-state index in [4.69, 9.17) is 4.74 Å². The Morgan fingerprint density at radius 1 is 1.19 bits per heavy atom. The summed E-state index contributed by atoms with van der Waals surface area (Å²) in [6, 6.07) is 15.3. The van der Waals surface area contributed by atoms with E-state index in [1.54, 1.807) is 11.8 Å². The van der Waals surface area contributed by atoms with Gasteiger partial charge in [-0.15, -0.1) is 0 Å². The number of carbonyl (C=O) groups excluding carboxylic acids is 1. The van der Waals surface area contributed by atoms with Gasteiger partial charge < -0.3 is 14.6 Å². The molecule has 1 aliphatic heterocycles. The first-order valence-electron chi connectivity index (χ1n) is 10.3. The van der Waals surface area contributed by atoms with E-state index in [9.17, 15) is 9.59 Å². The number of aryl methyl sites for hydroxylation is 1. The van der Waals surface area contributed by atoms with Crippen LogP contribution in [0.4, 0.5) is 5.69 Å².